The minimum Gasteiger partial charge on any atom is -0.457 e. The molecule has 0 saturated heterocycles. The fraction of sp³-hybridized carbons (Fsp3) is 0.158. The number of rotatable bonds is 7. The highest BCUT2D eigenvalue weighted by Crippen LogP contribution is 2.30. The van der Waals surface area contributed by atoms with Crippen LogP contribution in [0.15, 0.2) is 48.7 Å². The van der Waals surface area contributed by atoms with E-state index in [4.69, 9.17) is 4.74 Å². The Bertz CT molecular complexity index is 1120. The lowest BCUT2D eigenvalue weighted by molar-refractivity contribution is -0.385. The van der Waals surface area contributed by atoms with Crippen molar-refractivity contribution in [1.82, 2.24) is 9.78 Å². The molecule has 30 heavy (non-hydrogen) atoms. The third kappa shape index (κ3) is 4.76. The fourth-order valence-electron chi connectivity index (χ4n) is 2.67. The number of nitro benzene ring substituents is 1. The maximum Gasteiger partial charge on any atom is 0.309 e. The molecule has 0 saturated carbocycles. The highest BCUT2D eigenvalue weighted by Gasteiger charge is 2.19. The summed E-state index contributed by atoms with van der Waals surface area (Å²) in [6.45, 7) is 3.09. The summed E-state index contributed by atoms with van der Waals surface area (Å²) in [7, 11) is 0. The van der Waals surface area contributed by atoms with Gasteiger partial charge in [0.25, 0.3) is 5.69 Å². The predicted octanol–water partition coefficient (Wildman–Crippen LogP) is 3.75. The molecule has 1 heterocycles. The zero-order chi connectivity index (χ0) is 21.8. The van der Waals surface area contributed by atoms with Crippen LogP contribution in [0, 0.1) is 34.1 Å². The number of nitro groups is 2. The first-order valence-electron chi connectivity index (χ1n) is 8.73. The summed E-state index contributed by atoms with van der Waals surface area (Å²) in [5.74, 6) is 0.102. The van der Waals surface area contributed by atoms with Crippen molar-refractivity contribution in [2.75, 3.05) is 5.32 Å². The number of hydrogen-bond acceptors (Lipinski definition) is 7. The van der Waals surface area contributed by atoms with Crippen molar-refractivity contribution < 1.29 is 19.4 Å². The van der Waals surface area contributed by atoms with E-state index in [1.165, 1.54) is 29.8 Å². The van der Waals surface area contributed by atoms with Gasteiger partial charge in [-0.25, -0.2) is 0 Å². The van der Waals surface area contributed by atoms with Crippen LogP contribution in [0.3, 0.4) is 0 Å². The molecule has 2 aromatic carbocycles. The van der Waals surface area contributed by atoms with E-state index in [0.29, 0.717) is 5.75 Å². The molecular weight excluding hydrogens is 394 g/mol. The van der Waals surface area contributed by atoms with Crippen molar-refractivity contribution in [3.8, 4) is 11.5 Å². The number of aryl methyl sites for hydroxylation is 1. The molecule has 3 rings (SSSR count). The number of aromatic nitrogens is 2. The highest BCUT2D eigenvalue weighted by atomic mass is 16.6. The molecule has 154 valence electrons. The number of non-ortho nitro benzene ring substituents is 1. The number of hydrogen-bond donors (Lipinski definition) is 1. The molecule has 1 aromatic heterocycles. The second-order valence-electron chi connectivity index (χ2n) is 6.47. The summed E-state index contributed by atoms with van der Waals surface area (Å²) in [4.78, 5) is 33.3. The predicted molar refractivity (Wildman–Crippen MR) is 107 cm³/mol. The lowest BCUT2D eigenvalue weighted by Crippen LogP contribution is -2.20. The molecule has 11 heteroatoms. The monoisotopic (exact) mass is 411 g/mol. The second kappa shape index (κ2) is 8.39. The summed E-state index contributed by atoms with van der Waals surface area (Å²) in [5, 5.41) is 28.5. The van der Waals surface area contributed by atoms with Gasteiger partial charge in [-0.3, -0.25) is 29.7 Å². The Morgan fingerprint density at radius 2 is 1.77 bits per heavy atom. The van der Waals surface area contributed by atoms with Gasteiger partial charge in [-0.15, -0.1) is 0 Å². The number of anilines is 1. The first-order chi connectivity index (χ1) is 14.2. The van der Waals surface area contributed by atoms with E-state index in [0.717, 1.165) is 11.8 Å². The van der Waals surface area contributed by atoms with Crippen LogP contribution in [0.2, 0.25) is 0 Å². The van der Waals surface area contributed by atoms with Crippen LogP contribution >= 0.6 is 0 Å². The Morgan fingerprint density at radius 3 is 2.37 bits per heavy atom. The van der Waals surface area contributed by atoms with E-state index >= 15 is 0 Å². The number of carbonyl (C=O) groups excluding carboxylic acids is 1. The minimum absolute atomic E-state index is 0.149. The highest BCUT2D eigenvalue weighted by molar-refractivity contribution is 5.91. The second-order valence-corrected chi connectivity index (χ2v) is 6.47. The van der Waals surface area contributed by atoms with Crippen molar-refractivity contribution in [3.05, 3.63) is 80.1 Å². The number of benzene rings is 2. The number of ether oxygens (including phenoxy) is 1. The van der Waals surface area contributed by atoms with Gasteiger partial charge in [0.1, 0.15) is 29.9 Å². The van der Waals surface area contributed by atoms with E-state index in [-0.39, 0.29) is 35.1 Å². The van der Waals surface area contributed by atoms with Crippen molar-refractivity contribution in [2.45, 2.75) is 20.4 Å². The molecule has 0 unspecified atom stereocenters. The van der Waals surface area contributed by atoms with E-state index in [1.54, 1.807) is 12.1 Å². The van der Waals surface area contributed by atoms with Crippen molar-refractivity contribution >= 4 is 23.0 Å². The Balaban J connectivity index is 1.79. The van der Waals surface area contributed by atoms with Gasteiger partial charge in [-0.05, 0) is 26.0 Å². The maximum atomic E-state index is 12.3. The van der Waals surface area contributed by atoms with E-state index in [1.807, 2.05) is 19.1 Å². The van der Waals surface area contributed by atoms with Gasteiger partial charge in [-0.2, -0.15) is 5.10 Å². The van der Waals surface area contributed by atoms with Crippen LogP contribution in [-0.4, -0.2) is 25.5 Å². The number of nitrogens with one attached hydrogen (secondary N) is 1. The Labute approximate surface area is 170 Å². The van der Waals surface area contributed by atoms with E-state index < -0.39 is 15.8 Å². The molecule has 0 aliphatic rings. The van der Waals surface area contributed by atoms with Crippen LogP contribution in [0.5, 0.6) is 11.5 Å². The molecule has 0 atom stereocenters. The minimum atomic E-state index is -0.599. The van der Waals surface area contributed by atoms with Crippen LogP contribution in [0.4, 0.5) is 17.1 Å². The van der Waals surface area contributed by atoms with Gasteiger partial charge in [0.2, 0.25) is 5.91 Å². The van der Waals surface area contributed by atoms with Crippen LogP contribution < -0.4 is 10.1 Å². The van der Waals surface area contributed by atoms with Crippen LogP contribution in [-0.2, 0) is 11.3 Å². The molecule has 0 radical (unpaired) electrons. The largest absolute Gasteiger partial charge is 0.457 e. The number of carbonyl (C=O) groups is 1. The van der Waals surface area contributed by atoms with Gasteiger partial charge in [0, 0.05) is 12.1 Å². The van der Waals surface area contributed by atoms with Gasteiger partial charge in [0.05, 0.1) is 21.6 Å². The van der Waals surface area contributed by atoms with Gasteiger partial charge < -0.3 is 10.1 Å². The number of nitrogens with zero attached hydrogens (tertiary/aromatic N) is 4. The van der Waals surface area contributed by atoms with Crippen molar-refractivity contribution in [2.24, 2.45) is 0 Å². The molecule has 1 amide bonds. The zero-order valence-corrected chi connectivity index (χ0v) is 16.1. The number of amides is 1. The molecule has 0 aliphatic carbocycles. The quantitative estimate of drug-likeness (QED) is 0.461. The molecular formula is C19H17N5O6. The third-order valence-corrected chi connectivity index (χ3v) is 4.21. The molecule has 0 aliphatic heterocycles. The fourth-order valence-corrected chi connectivity index (χ4v) is 2.67. The SMILES string of the molecule is Cc1ccc(Oc2cc(NC(=O)Cn3ncc([N+](=O)[O-])c3C)cc([N+](=O)[O-])c2)cc1. The summed E-state index contributed by atoms with van der Waals surface area (Å²) < 4.78 is 6.84. The first kappa shape index (κ1) is 20.5. The molecule has 3 aromatic rings. The topological polar surface area (TPSA) is 142 Å². The average molecular weight is 411 g/mol. The third-order valence-electron chi connectivity index (χ3n) is 4.21. The summed E-state index contributed by atoms with van der Waals surface area (Å²) >= 11 is 0. The van der Waals surface area contributed by atoms with E-state index in [9.17, 15) is 25.0 Å². The summed E-state index contributed by atoms with van der Waals surface area (Å²) in [6, 6.07) is 11.0. The molecule has 0 fully saturated rings. The van der Waals surface area contributed by atoms with Gasteiger partial charge in [-0.1, -0.05) is 17.7 Å². The standard InChI is InChI=1S/C19H17N5O6/c1-12-3-5-16(6-4-12)30-17-8-14(7-15(9-17)23(26)27)21-19(25)11-22-13(2)18(10-20-22)24(28)29/h3-10H,11H2,1-2H3,(H,21,25). The average Bonchev–Trinajstić information content (AvgIpc) is 3.04. The molecule has 1 N–H and O–H groups in total. The Hall–Kier alpha value is -4.28. The lowest BCUT2D eigenvalue weighted by atomic mass is 10.2. The van der Waals surface area contributed by atoms with Crippen LogP contribution in [0.1, 0.15) is 11.3 Å². The van der Waals surface area contributed by atoms with Crippen LogP contribution in [0.25, 0.3) is 0 Å². The Morgan fingerprint density at radius 1 is 1.07 bits per heavy atom. The first-order valence-corrected chi connectivity index (χ1v) is 8.73. The van der Waals surface area contributed by atoms with Gasteiger partial charge >= 0.3 is 5.69 Å². The zero-order valence-electron chi connectivity index (χ0n) is 16.1. The van der Waals surface area contributed by atoms with E-state index in [2.05, 4.69) is 10.4 Å². The lowest BCUT2D eigenvalue weighted by Gasteiger charge is -2.10. The van der Waals surface area contributed by atoms with Crippen molar-refractivity contribution in [1.29, 1.82) is 0 Å². The normalized spacial score (nSPS) is 10.5. The molecule has 0 spiro atoms. The summed E-state index contributed by atoms with van der Waals surface area (Å²) in [6.07, 6.45) is 1.06. The van der Waals surface area contributed by atoms with Crippen molar-refractivity contribution in [3.63, 3.8) is 0 Å². The van der Waals surface area contributed by atoms with Gasteiger partial charge in [0.15, 0.2) is 0 Å². The summed E-state index contributed by atoms with van der Waals surface area (Å²) in [5.41, 5.74) is 0.935. The molecule has 11 nitrogen and oxygen atoms in total. The smallest absolute Gasteiger partial charge is 0.309 e. The Kier molecular flexibility index (Phi) is 5.72. The maximum absolute atomic E-state index is 12.3. The molecule has 0 bridgehead atoms.